The molecule has 0 fully saturated rings. The molecule has 0 radical (unpaired) electrons. The van der Waals surface area contributed by atoms with Gasteiger partial charge in [-0.15, -0.1) is 10.2 Å². The summed E-state index contributed by atoms with van der Waals surface area (Å²) in [4.78, 5) is 14.4. The zero-order valence-corrected chi connectivity index (χ0v) is 13.7. The Hall–Kier alpha value is -2.74. The fraction of sp³-hybridized carbons (Fsp3) is 0.0625. The number of aromatic hydroxyl groups is 1. The van der Waals surface area contributed by atoms with Crippen LogP contribution in [0.4, 0.5) is 10.1 Å². The number of H-pyrrole nitrogens is 1. The molecule has 8 heteroatoms. The number of azo groups is 1. The van der Waals surface area contributed by atoms with Crippen LogP contribution in [-0.2, 0) is 4.79 Å². The van der Waals surface area contributed by atoms with Crippen molar-refractivity contribution >= 4 is 38.4 Å². The number of aromatic amines is 1. The van der Waals surface area contributed by atoms with Crippen molar-refractivity contribution in [1.29, 1.82) is 0 Å². The van der Waals surface area contributed by atoms with E-state index in [1.807, 2.05) is 0 Å². The largest absolute Gasteiger partial charge is 0.493 e. The van der Waals surface area contributed by atoms with Crippen LogP contribution in [0.5, 0.6) is 11.6 Å². The molecule has 122 valence electrons. The van der Waals surface area contributed by atoms with Crippen molar-refractivity contribution in [3.05, 3.63) is 52.8 Å². The van der Waals surface area contributed by atoms with Gasteiger partial charge in [0.25, 0.3) is 0 Å². The molecule has 1 aromatic heterocycles. The summed E-state index contributed by atoms with van der Waals surface area (Å²) >= 11 is 3.29. The maximum Gasteiger partial charge on any atom is 0.302 e. The second-order valence-electron chi connectivity index (χ2n) is 4.85. The second-order valence-corrected chi connectivity index (χ2v) is 5.76. The summed E-state index contributed by atoms with van der Waals surface area (Å²) in [5.74, 6) is -0.898. The Bertz CT molecular complexity index is 922. The summed E-state index contributed by atoms with van der Waals surface area (Å²) in [5, 5.41) is 17.3. The molecule has 0 aliphatic heterocycles. The first kappa shape index (κ1) is 16.1. The number of aromatic nitrogens is 1. The number of halogens is 2. The molecule has 0 atom stereocenters. The van der Waals surface area contributed by atoms with Crippen molar-refractivity contribution in [3.8, 4) is 11.6 Å². The van der Waals surface area contributed by atoms with E-state index in [1.54, 1.807) is 24.3 Å². The number of hydrogen-bond acceptors (Lipinski definition) is 4. The summed E-state index contributed by atoms with van der Waals surface area (Å²) in [5.41, 5.74) is 0.489. The molecule has 1 heterocycles. The van der Waals surface area contributed by atoms with Crippen molar-refractivity contribution in [2.75, 3.05) is 6.61 Å². The van der Waals surface area contributed by atoms with E-state index in [1.165, 1.54) is 18.2 Å². The van der Waals surface area contributed by atoms with Gasteiger partial charge < -0.3 is 14.8 Å². The molecule has 0 unspecified atom stereocenters. The fourth-order valence-corrected chi connectivity index (χ4v) is 2.31. The molecule has 0 bridgehead atoms. The predicted molar refractivity (Wildman–Crippen MR) is 89.1 cm³/mol. The molecule has 1 amide bonds. The van der Waals surface area contributed by atoms with E-state index in [-0.39, 0.29) is 18.2 Å². The number of nitrogens with zero attached hydrogens (tertiary/aromatic N) is 2. The molecule has 2 aromatic carbocycles. The van der Waals surface area contributed by atoms with Crippen LogP contribution >= 0.6 is 15.9 Å². The lowest BCUT2D eigenvalue weighted by atomic mass is 10.2. The van der Waals surface area contributed by atoms with Gasteiger partial charge in [0.15, 0.2) is 12.3 Å². The van der Waals surface area contributed by atoms with Gasteiger partial charge in [-0.1, -0.05) is 15.9 Å². The number of nitrogens with one attached hydrogen (secondary N) is 1. The molecular weight excluding hydrogens is 381 g/mol. The van der Waals surface area contributed by atoms with E-state index in [2.05, 4.69) is 31.1 Å². The Morgan fingerprint density at radius 3 is 2.75 bits per heavy atom. The van der Waals surface area contributed by atoms with E-state index in [9.17, 15) is 14.3 Å². The van der Waals surface area contributed by atoms with Crippen LogP contribution in [0.1, 0.15) is 0 Å². The third-order valence-electron chi connectivity index (χ3n) is 3.15. The lowest BCUT2D eigenvalue weighted by molar-refractivity contribution is -0.120. The maximum atomic E-state index is 13.3. The first-order chi connectivity index (χ1) is 11.5. The predicted octanol–water partition coefficient (Wildman–Crippen LogP) is 4.46. The zero-order valence-electron chi connectivity index (χ0n) is 12.2. The van der Waals surface area contributed by atoms with Crippen molar-refractivity contribution in [3.63, 3.8) is 0 Å². The van der Waals surface area contributed by atoms with Crippen LogP contribution in [0.25, 0.3) is 10.9 Å². The van der Waals surface area contributed by atoms with Crippen LogP contribution in [0.2, 0.25) is 0 Å². The third kappa shape index (κ3) is 3.60. The minimum Gasteiger partial charge on any atom is -0.493 e. The number of ether oxygens (including phenoxy) is 1. The quantitative estimate of drug-likeness (QED) is 0.643. The topological polar surface area (TPSA) is 87.0 Å². The summed E-state index contributed by atoms with van der Waals surface area (Å²) < 4.78 is 19.5. The van der Waals surface area contributed by atoms with Gasteiger partial charge in [-0.2, -0.15) is 0 Å². The Balaban J connectivity index is 1.71. The van der Waals surface area contributed by atoms with Crippen LogP contribution < -0.4 is 4.74 Å². The minimum absolute atomic E-state index is 0.00138. The number of amides is 1. The number of benzene rings is 2. The lowest BCUT2D eigenvalue weighted by Crippen LogP contribution is -2.07. The number of carbonyl (C=O) groups is 1. The van der Waals surface area contributed by atoms with Crippen LogP contribution in [0, 0.1) is 5.82 Å². The minimum atomic E-state index is -0.636. The first-order valence-corrected chi connectivity index (χ1v) is 7.65. The van der Waals surface area contributed by atoms with Gasteiger partial charge in [0.2, 0.25) is 5.88 Å². The molecule has 0 saturated heterocycles. The van der Waals surface area contributed by atoms with E-state index in [0.717, 1.165) is 4.47 Å². The van der Waals surface area contributed by atoms with Gasteiger partial charge in [-0.25, -0.2) is 4.39 Å². The Kier molecular flexibility index (Phi) is 4.57. The summed E-state index contributed by atoms with van der Waals surface area (Å²) in [6, 6.07) is 10.9. The van der Waals surface area contributed by atoms with E-state index in [4.69, 9.17) is 4.74 Å². The molecular formula is C16H11BrFN3O3. The van der Waals surface area contributed by atoms with Crippen molar-refractivity contribution in [2.45, 2.75) is 0 Å². The van der Waals surface area contributed by atoms with Gasteiger partial charge >= 0.3 is 5.91 Å². The molecule has 2 N–H and O–H groups in total. The molecule has 6 nitrogen and oxygen atoms in total. The molecule has 0 spiro atoms. The van der Waals surface area contributed by atoms with Gasteiger partial charge in [0.05, 0.1) is 5.52 Å². The van der Waals surface area contributed by atoms with E-state index >= 15 is 0 Å². The van der Waals surface area contributed by atoms with Crippen LogP contribution in [-0.4, -0.2) is 22.6 Å². The highest BCUT2D eigenvalue weighted by Crippen LogP contribution is 2.35. The Morgan fingerprint density at radius 1 is 1.25 bits per heavy atom. The van der Waals surface area contributed by atoms with Crippen LogP contribution in [0.15, 0.2) is 57.2 Å². The average molecular weight is 392 g/mol. The number of hydrogen-bond donors (Lipinski definition) is 2. The number of fused-ring (bicyclic) bond motifs is 1. The third-order valence-corrected chi connectivity index (χ3v) is 3.68. The monoisotopic (exact) mass is 391 g/mol. The first-order valence-electron chi connectivity index (χ1n) is 6.86. The molecule has 3 rings (SSSR count). The number of carbonyl (C=O) groups excluding carboxylic acids is 1. The number of rotatable bonds is 4. The maximum absolute atomic E-state index is 13.3. The van der Waals surface area contributed by atoms with Gasteiger partial charge in [0, 0.05) is 9.86 Å². The lowest BCUT2D eigenvalue weighted by Gasteiger charge is -2.02. The highest BCUT2D eigenvalue weighted by atomic mass is 79.9. The smallest absolute Gasteiger partial charge is 0.302 e. The Morgan fingerprint density at radius 2 is 2.00 bits per heavy atom. The van der Waals surface area contributed by atoms with Gasteiger partial charge in [0.1, 0.15) is 11.6 Å². The molecule has 0 aliphatic rings. The Labute approximate surface area is 144 Å². The van der Waals surface area contributed by atoms with Crippen LogP contribution in [0.3, 0.4) is 0 Å². The average Bonchev–Trinajstić information content (AvgIpc) is 2.87. The summed E-state index contributed by atoms with van der Waals surface area (Å²) in [6.07, 6.45) is 0. The summed E-state index contributed by atoms with van der Waals surface area (Å²) in [6.45, 7) is -0.303. The molecule has 24 heavy (non-hydrogen) atoms. The fourth-order valence-electron chi connectivity index (χ4n) is 2.05. The highest BCUT2D eigenvalue weighted by molar-refractivity contribution is 9.10. The van der Waals surface area contributed by atoms with Gasteiger partial charge in [-0.3, -0.25) is 4.79 Å². The standard InChI is InChI=1S/C16H11BrFN3O3/c17-9-1-4-11(5-2-9)24-8-14(22)20-21-15-12-7-10(18)3-6-13(12)19-16(15)23/h1-7,19,23H,8H2. The normalized spacial score (nSPS) is 11.2. The van der Waals surface area contributed by atoms with E-state index < -0.39 is 11.7 Å². The van der Waals surface area contributed by atoms with Gasteiger partial charge in [-0.05, 0) is 42.5 Å². The SMILES string of the molecule is O=C(COc1ccc(Br)cc1)N=Nc1c(O)[nH]c2ccc(F)cc12. The summed E-state index contributed by atoms with van der Waals surface area (Å²) in [7, 11) is 0. The van der Waals surface area contributed by atoms with E-state index in [0.29, 0.717) is 16.7 Å². The van der Waals surface area contributed by atoms with Crippen molar-refractivity contribution in [1.82, 2.24) is 4.98 Å². The molecule has 0 saturated carbocycles. The zero-order chi connectivity index (χ0) is 17.1. The molecule has 0 aliphatic carbocycles. The highest BCUT2D eigenvalue weighted by Gasteiger charge is 2.12. The van der Waals surface area contributed by atoms with Crippen molar-refractivity contribution < 1.29 is 19.0 Å². The second kappa shape index (κ2) is 6.79. The van der Waals surface area contributed by atoms with Crippen molar-refractivity contribution in [2.24, 2.45) is 10.2 Å². The molecule has 3 aromatic rings.